The lowest BCUT2D eigenvalue weighted by atomic mass is 9.96. The lowest BCUT2D eigenvalue weighted by Crippen LogP contribution is -2.56. The number of nitrogens with zero attached hydrogens (tertiary/aromatic N) is 2. The van der Waals surface area contributed by atoms with E-state index in [1.54, 1.807) is 18.2 Å². The number of fused-ring (bicyclic) bond motifs is 10. The first-order valence-electron chi connectivity index (χ1n) is 12.0. The fourth-order valence-corrected chi connectivity index (χ4v) is 6.02. The molecule has 2 aliphatic rings. The molecular weight excluding hydrogens is 514 g/mol. The predicted octanol–water partition coefficient (Wildman–Crippen LogP) is 0.798. The van der Waals surface area contributed by atoms with E-state index < -0.39 is 49.1 Å². The molecule has 1 saturated heterocycles. The molecule has 2 amide bonds. The number of phenolic OH excluding ortho intramolecular Hbond substituents is 2. The number of imide groups is 1. The van der Waals surface area contributed by atoms with Gasteiger partial charge >= 0.3 is 0 Å². The van der Waals surface area contributed by atoms with Crippen LogP contribution in [0.15, 0.2) is 36.4 Å². The highest BCUT2D eigenvalue weighted by molar-refractivity contribution is 6.39. The average molecular weight is 535 g/mol. The van der Waals surface area contributed by atoms with Gasteiger partial charge in [0.05, 0.1) is 39.8 Å². The Kier molecular flexibility index (Phi) is 4.82. The van der Waals surface area contributed by atoms with E-state index in [-0.39, 0.29) is 65.9 Å². The SMILES string of the molecule is O=C1c2c(c3c4cccc(O)c4n([C@@H]4O[C@H](CO)[C@@H](O)[C@H](O)[C@H]4O)c3c3[nH]c4c(O)cccc4c23)C(=O)N1O. The van der Waals surface area contributed by atoms with Crippen molar-refractivity contribution in [1.82, 2.24) is 14.6 Å². The van der Waals surface area contributed by atoms with E-state index in [1.165, 1.54) is 22.8 Å². The molecule has 1 fully saturated rings. The summed E-state index contributed by atoms with van der Waals surface area (Å²) in [6.45, 7) is -0.706. The van der Waals surface area contributed by atoms with Crippen LogP contribution in [0.4, 0.5) is 0 Å². The number of benzene rings is 3. The zero-order valence-corrected chi connectivity index (χ0v) is 19.8. The molecule has 7 rings (SSSR count). The summed E-state index contributed by atoms with van der Waals surface area (Å²) in [6, 6.07) is 8.97. The minimum Gasteiger partial charge on any atom is -0.506 e. The first kappa shape index (κ1) is 23.8. The summed E-state index contributed by atoms with van der Waals surface area (Å²) >= 11 is 0. The largest absolute Gasteiger partial charge is 0.506 e. The zero-order chi connectivity index (χ0) is 27.5. The second-order valence-electron chi connectivity index (χ2n) is 9.73. The van der Waals surface area contributed by atoms with Gasteiger partial charge in [-0.2, -0.15) is 0 Å². The van der Waals surface area contributed by atoms with Crippen molar-refractivity contribution in [3.63, 3.8) is 0 Å². The molecule has 13 heteroatoms. The van der Waals surface area contributed by atoms with Gasteiger partial charge in [0.25, 0.3) is 11.8 Å². The molecule has 0 bridgehead atoms. The van der Waals surface area contributed by atoms with E-state index in [2.05, 4.69) is 4.98 Å². The number of hydrogen-bond donors (Lipinski definition) is 8. The highest BCUT2D eigenvalue weighted by Crippen LogP contribution is 2.49. The van der Waals surface area contributed by atoms with Crippen molar-refractivity contribution in [3.8, 4) is 11.5 Å². The molecule has 0 spiro atoms. The Balaban J connectivity index is 1.75. The number of rotatable bonds is 2. The average Bonchev–Trinajstić information content (AvgIpc) is 3.54. The molecule has 0 radical (unpaired) electrons. The number of aromatic hydroxyl groups is 2. The van der Waals surface area contributed by atoms with Crippen molar-refractivity contribution in [1.29, 1.82) is 0 Å². The number of ether oxygens (including phenoxy) is 1. The Morgan fingerprint density at radius 1 is 0.795 bits per heavy atom. The minimum atomic E-state index is -1.77. The fraction of sp³-hybridized carbons (Fsp3) is 0.231. The van der Waals surface area contributed by atoms with Gasteiger partial charge in [-0.15, -0.1) is 5.06 Å². The van der Waals surface area contributed by atoms with E-state index >= 15 is 0 Å². The normalized spacial score (nSPS) is 25.6. The molecule has 0 saturated carbocycles. The first-order valence-corrected chi connectivity index (χ1v) is 12.0. The number of nitrogens with one attached hydrogen (secondary N) is 1. The highest BCUT2D eigenvalue weighted by Gasteiger charge is 2.47. The van der Waals surface area contributed by atoms with Gasteiger partial charge in [-0.3, -0.25) is 14.8 Å². The summed E-state index contributed by atoms with van der Waals surface area (Å²) in [4.78, 5) is 29.6. The Morgan fingerprint density at radius 2 is 1.44 bits per heavy atom. The number of carbonyl (C=O) groups is 2. The maximum absolute atomic E-state index is 13.3. The second-order valence-corrected chi connectivity index (χ2v) is 9.73. The number of H-pyrrole nitrogens is 1. The third kappa shape index (κ3) is 2.83. The lowest BCUT2D eigenvalue weighted by molar-refractivity contribution is -0.249. The van der Waals surface area contributed by atoms with Gasteiger partial charge < -0.3 is 44.9 Å². The van der Waals surface area contributed by atoms with E-state index in [0.717, 1.165) is 0 Å². The van der Waals surface area contributed by atoms with Crippen LogP contribution in [0, 0.1) is 0 Å². The molecule has 2 aromatic heterocycles. The summed E-state index contributed by atoms with van der Waals surface area (Å²) < 4.78 is 7.16. The van der Waals surface area contributed by atoms with E-state index in [1.807, 2.05) is 0 Å². The van der Waals surface area contributed by atoms with Crippen LogP contribution in [0.1, 0.15) is 26.9 Å². The molecule has 0 aliphatic carbocycles. The van der Waals surface area contributed by atoms with E-state index in [4.69, 9.17) is 4.74 Å². The van der Waals surface area contributed by atoms with Crippen molar-refractivity contribution in [2.24, 2.45) is 0 Å². The summed E-state index contributed by atoms with van der Waals surface area (Å²) in [7, 11) is 0. The smallest absolute Gasteiger partial charge is 0.286 e. The Bertz CT molecular complexity index is 1890. The van der Waals surface area contributed by atoms with Crippen molar-refractivity contribution in [3.05, 3.63) is 47.5 Å². The van der Waals surface area contributed by atoms with Crippen molar-refractivity contribution < 1.29 is 50.2 Å². The van der Waals surface area contributed by atoms with Gasteiger partial charge in [-0.25, -0.2) is 0 Å². The van der Waals surface area contributed by atoms with Gasteiger partial charge in [0.15, 0.2) is 6.23 Å². The number of hydrogen-bond acceptors (Lipinski definition) is 10. The Labute approximate surface area is 216 Å². The van der Waals surface area contributed by atoms with Crippen LogP contribution >= 0.6 is 0 Å². The maximum Gasteiger partial charge on any atom is 0.286 e. The van der Waals surface area contributed by atoms with Crippen molar-refractivity contribution >= 4 is 55.4 Å². The molecule has 5 aromatic rings. The van der Waals surface area contributed by atoms with Crippen LogP contribution in [0.25, 0.3) is 43.6 Å². The number of hydroxylamine groups is 2. The first-order chi connectivity index (χ1) is 18.7. The van der Waals surface area contributed by atoms with Gasteiger partial charge in [0.1, 0.15) is 35.9 Å². The molecule has 0 unspecified atom stereocenters. The van der Waals surface area contributed by atoms with Crippen molar-refractivity contribution in [2.45, 2.75) is 30.6 Å². The van der Waals surface area contributed by atoms with Crippen molar-refractivity contribution in [2.75, 3.05) is 6.61 Å². The number of para-hydroxylation sites is 2. The third-order valence-electron chi connectivity index (χ3n) is 7.74. The van der Waals surface area contributed by atoms with Crippen LogP contribution in [-0.2, 0) is 4.74 Å². The fourth-order valence-electron chi connectivity index (χ4n) is 6.02. The van der Waals surface area contributed by atoms with E-state index in [9.17, 15) is 45.4 Å². The van der Waals surface area contributed by atoms with Crippen LogP contribution in [-0.4, -0.2) is 93.3 Å². The minimum absolute atomic E-state index is 0.00892. The number of phenols is 2. The lowest BCUT2D eigenvalue weighted by Gasteiger charge is -2.41. The number of aliphatic hydroxyl groups excluding tert-OH is 4. The topological polar surface area (TPSA) is 209 Å². The van der Waals surface area contributed by atoms with E-state index in [0.29, 0.717) is 5.39 Å². The number of aliphatic hydroxyl groups is 4. The maximum atomic E-state index is 13.3. The number of carbonyl (C=O) groups excluding carboxylic acids is 2. The predicted molar refractivity (Wildman–Crippen MR) is 133 cm³/mol. The summed E-state index contributed by atoms with van der Waals surface area (Å²) in [5, 5.41) is 74.7. The highest BCUT2D eigenvalue weighted by atomic mass is 16.6. The van der Waals surface area contributed by atoms with Crippen LogP contribution in [0.2, 0.25) is 0 Å². The molecule has 8 N–H and O–H groups in total. The Hall–Kier alpha value is -4.24. The summed E-state index contributed by atoms with van der Waals surface area (Å²) in [6.07, 6.45) is -7.98. The zero-order valence-electron chi connectivity index (χ0n) is 19.8. The Morgan fingerprint density at radius 3 is 2.13 bits per heavy atom. The molecule has 200 valence electrons. The molecule has 39 heavy (non-hydrogen) atoms. The third-order valence-corrected chi connectivity index (χ3v) is 7.74. The molecule has 13 nitrogen and oxygen atoms in total. The van der Waals surface area contributed by atoms with Gasteiger partial charge in [0.2, 0.25) is 0 Å². The van der Waals surface area contributed by atoms with Crippen LogP contribution < -0.4 is 0 Å². The van der Waals surface area contributed by atoms with Crippen LogP contribution in [0.5, 0.6) is 11.5 Å². The molecule has 5 atom stereocenters. The van der Waals surface area contributed by atoms with Gasteiger partial charge in [0, 0.05) is 21.5 Å². The molecule has 3 aromatic carbocycles. The molecule has 4 heterocycles. The van der Waals surface area contributed by atoms with Gasteiger partial charge in [-0.05, 0) is 12.1 Å². The number of aromatic nitrogens is 2. The number of aromatic amines is 1. The molecule has 2 aliphatic heterocycles. The van der Waals surface area contributed by atoms with Crippen LogP contribution in [0.3, 0.4) is 0 Å². The standard InChI is InChI=1S/C26H21N3O10/c30-7-12-21(33)22(34)23(35)26(39-12)28-19-9(4-2-6-11(19)32)14-16-15(24(36)29(38)25(16)37)13-8-3-1-5-10(31)17(8)27-18(13)20(14)28/h1-6,12,21-23,26-27,30-35,38H,7H2/t12-,21-,22+,23-,26-/m1/s1. The van der Waals surface area contributed by atoms with Gasteiger partial charge in [-0.1, -0.05) is 24.3 Å². The number of amides is 2. The quantitative estimate of drug-likeness (QED) is 0.118. The molecular formula is C26H21N3O10. The summed E-state index contributed by atoms with van der Waals surface area (Å²) in [5.74, 6) is -2.48. The monoisotopic (exact) mass is 535 g/mol. The summed E-state index contributed by atoms with van der Waals surface area (Å²) in [5.41, 5.74) is 0.298. The second kappa shape index (κ2) is 7.89.